The van der Waals surface area contributed by atoms with Crippen molar-refractivity contribution in [1.82, 2.24) is 0 Å². The van der Waals surface area contributed by atoms with Crippen LogP contribution in [0.15, 0.2) is 0 Å². The van der Waals surface area contributed by atoms with E-state index >= 15 is 0 Å². The van der Waals surface area contributed by atoms with Gasteiger partial charge in [-0.2, -0.15) is 0 Å². The van der Waals surface area contributed by atoms with Gasteiger partial charge in [-0.05, 0) is 26.1 Å². The minimum absolute atomic E-state index is 0.141. The lowest BCUT2D eigenvalue weighted by Gasteiger charge is -2.16. The van der Waals surface area contributed by atoms with Crippen LogP contribution in [-0.2, 0) is 66.1 Å². The highest BCUT2D eigenvalue weighted by Crippen LogP contribution is 2.08. The van der Waals surface area contributed by atoms with Gasteiger partial charge in [-0.1, -0.05) is 45.4 Å². The number of esters is 1. The summed E-state index contributed by atoms with van der Waals surface area (Å²) < 4.78 is 71.2. The van der Waals surface area contributed by atoms with Gasteiger partial charge < -0.3 is 61.3 Å². The summed E-state index contributed by atoms with van der Waals surface area (Å²) in [6.45, 7) is 20.7. The van der Waals surface area contributed by atoms with Crippen LogP contribution in [0, 0.1) is 0 Å². The van der Waals surface area contributed by atoms with Crippen LogP contribution in [-0.4, -0.2) is 173 Å². The molecule has 15 heteroatoms. The average Bonchev–Trinajstić information content (AvgIpc) is 3.12. The summed E-state index contributed by atoms with van der Waals surface area (Å²) in [5, 5.41) is 0. The molecular formula is C37H76O14Si. The van der Waals surface area contributed by atoms with Crippen molar-refractivity contribution >= 4 is 14.3 Å². The molecule has 0 aliphatic rings. The predicted molar refractivity (Wildman–Crippen MR) is 202 cm³/mol. The summed E-state index contributed by atoms with van der Waals surface area (Å²) in [6, 6.07) is 0. The Kier molecular flexibility index (Phi) is 42.3. The normalized spacial score (nSPS) is 11.8. The molecule has 0 N–H and O–H groups in total. The van der Waals surface area contributed by atoms with Crippen molar-refractivity contribution in [2.24, 2.45) is 0 Å². The van der Waals surface area contributed by atoms with E-state index in [2.05, 4.69) is 26.6 Å². The van der Waals surface area contributed by atoms with E-state index in [0.717, 1.165) is 12.8 Å². The lowest BCUT2D eigenvalue weighted by Crippen LogP contribution is -2.27. The van der Waals surface area contributed by atoms with E-state index in [1.807, 2.05) is 0 Å². The molecule has 0 saturated carbocycles. The van der Waals surface area contributed by atoms with Gasteiger partial charge in [0.25, 0.3) is 0 Å². The first kappa shape index (κ1) is 51.2. The third kappa shape index (κ3) is 47.2. The second kappa shape index (κ2) is 42.9. The van der Waals surface area contributed by atoms with Gasteiger partial charge in [0.2, 0.25) is 0 Å². The van der Waals surface area contributed by atoms with Crippen LogP contribution < -0.4 is 0 Å². The van der Waals surface area contributed by atoms with Crippen molar-refractivity contribution in [1.29, 1.82) is 0 Å². The molecule has 0 fully saturated rings. The van der Waals surface area contributed by atoms with E-state index in [9.17, 15) is 4.79 Å². The number of ether oxygens (including phenoxy) is 12. The molecule has 0 aliphatic heterocycles. The topological polar surface area (TPSA) is 137 Å². The Morgan fingerprint density at radius 1 is 0.346 bits per heavy atom. The Balaban J connectivity index is 3.11. The quantitative estimate of drug-likeness (QED) is 0.0480. The molecule has 0 spiro atoms. The Hall–Kier alpha value is -0.793. The van der Waals surface area contributed by atoms with Crippen LogP contribution in [0.3, 0.4) is 0 Å². The smallest absolute Gasteiger partial charge is 0.305 e. The molecule has 312 valence electrons. The summed E-state index contributed by atoms with van der Waals surface area (Å²) >= 11 is 0. The molecular weight excluding hydrogens is 696 g/mol. The largest absolute Gasteiger partial charge is 0.463 e. The molecule has 0 bridgehead atoms. The Morgan fingerprint density at radius 3 is 0.885 bits per heavy atom. The number of carbonyl (C=O) groups is 1. The summed E-state index contributed by atoms with van der Waals surface area (Å²) in [5.41, 5.74) is 0. The molecule has 0 atom stereocenters. The summed E-state index contributed by atoms with van der Waals surface area (Å²) in [6.07, 6.45) is 8.79. The molecule has 0 amide bonds. The minimum Gasteiger partial charge on any atom is -0.463 e. The van der Waals surface area contributed by atoms with Gasteiger partial charge in [0.15, 0.2) is 8.32 Å². The molecule has 0 aromatic carbocycles. The maximum Gasteiger partial charge on any atom is 0.305 e. The number of rotatable bonds is 45. The fourth-order valence-electron chi connectivity index (χ4n) is 4.22. The van der Waals surface area contributed by atoms with Crippen LogP contribution in [0.5, 0.6) is 0 Å². The van der Waals surface area contributed by atoms with Gasteiger partial charge >= 0.3 is 5.97 Å². The Labute approximate surface area is 316 Å². The van der Waals surface area contributed by atoms with E-state index in [-0.39, 0.29) is 12.6 Å². The fraction of sp³-hybridized carbons (Fsp3) is 0.973. The Bertz CT molecular complexity index is 702. The number of unbranched alkanes of at least 4 members (excludes halogenated alkanes) is 6. The maximum absolute atomic E-state index is 11.7. The monoisotopic (exact) mass is 773 g/mol. The first-order valence-electron chi connectivity index (χ1n) is 19.6. The van der Waals surface area contributed by atoms with E-state index in [1.54, 1.807) is 0 Å². The van der Waals surface area contributed by atoms with E-state index in [4.69, 9.17) is 61.3 Å². The van der Waals surface area contributed by atoms with E-state index in [1.165, 1.54) is 32.1 Å². The zero-order valence-corrected chi connectivity index (χ0v) is 34.3. The van der Waals surface area contributed by atoms with Crippen LogP contribution in [0.25, 0.3) is 0 Å². The second-order valence-electron chi connectivity index (χ2n) is 12.8. The van der Waals surface area contributed by atoms with Gasteiger partial charge in [-0.25, -0.2) is 0 Å². The van der Waals surface area contributed by atoms with Gasteiger partial charge in [0.05, 0.1) is 152 Å². The van der Waals surface area contributed by atoms with Gasteiger partial charge in [-0.15, -0.1) is 0 Å². The fourth-order valence-corrected chi connectivity index (χ4v) is 4.92. The second-order valence-corrected chi connectivity index (χ2v) is 17.3. The van der Waals surface area contributed by atoms with Crippen molar-refractivity contribution in [3.05, 3.63) is 0 Å². The van der Waals surface area contributed by atoms with Crippen molar-refractivity contribution in [2.45, 2.75) is 77.9 Å². The zero-order valence-electron chi connectivity index (χ0n) is 33.3. The molecule has 0 radical (unpaired) electrons. The number of hydrogen-bond acceptors (Lipinski definition) is 14. The van der Waals surface area contributed by atoms with E-state index < -0.39 is 8.32 Å². The third-order valence-corrected chi connectivity index (χ3v) is 8.03. The van der Waals surface area contributed by atoms with Crippen LogP contribution in [0.4, 0.5) is 0 Å². The molecule has 0 aromatic heterocycles. The molecule has 52 heavy (non-hydrogen) atoms. The van der Waals surface area contributed by atoms with Crippen molar-refractivity contribution < 1.29 is 66.1 Å². The summed E-state index contributed by atoms with van der Waals surface area (Å²) in [7, 11) is -1.46. The molecule has 0 aromatic rings. The highest BCUT2D eigenvalue weighted by molar-refractivity contribution is 6.69. The lowest BCUT2D eigenvalue weighted by atomic mass is 10.1. The molecule has 0 saturated heterocycles. The minimum atomic E-state index is -1.46. The zero-order chi connectivity index (χ0) is 37.9. The van der Waals surface area contributed by atoms with Crippen LogP contribution >= 0.6 is 0 Å². The van der Waals surface area contributed by atoms with Gasteiger partial charge in [0, 0.05) is 6.42 Å². The van der Waals surface area contributed by atoms with Crippen LogP contribution in [0.1, 0.15) is 58.3 Å². The van der Waals surface area contributed by atoms with E-state index in [0.29, 0.717) is 158 Å². The predicted octanol–water partition coefficient (Wildman–Crippen LogP) is 4.70. The van der Waals surface area contributed by atoms with Crippen molar-refractivity contribution in [3.63, 3.8) is 0 Å². The molecule has 0 heterocycles. The number of carbonyl (C=O) groups excluding carboxylic acids is 1. The van der Waals surface area contributed by atoms with Crippen LogP contribution in [0.2, 0.25) is 19.6 Å². The average molecular weight is 773 g/mol. The highest BCUT2D eigenvalue weighted by atomic mass is 28.4. The van der Waals surface area contributed by atoms with Gasteiger partial charge in [-0.3, -0.25) is 4.79 Å². The number of hydrogen-bond donors (Lipinski definition) is 0. The standard InChI is InChI=1S/C37H76O14Si/c1-5-6-7-8-9-10-11-12-37(38)50-35-33-48-31-29-46-27-25-44-23-21-42-19-17-40-15-13-39-14-16-41-18-20-43-22-24-45-26-28-47-30-32-49-34-36-51-52(2,3)4/h5-36H2,1-4H3. The third-order valence-electron chi connectivity index (χ3n) is 6.96. The maximum atomic E-state index is 11.7. The van der Waals surface area contributed by atoms with Crippen molar-refractivity contribution in [2.75, 3.05) is 159 Å². The highest BCUT2D eigenvalue weighted by Gasteiger charge is 2.13. The first-order valence-corrected chi connectivity index (χ1v) is 23.0. The van der Waals surface area contributed by atoms with Crippen molar-refractivity contribution in [3.8, 4) is 0 Å². The first-order chi connectivity index (χ1) is 25.5. The molecule has 14 nitrogen and oxygen atoms in total. The van der Waals surface area contributed by atoms with Gasteiger partial charge in [0.1, 0.15) is 6.61 Å². The molecule has 0 unspecified atom stereocenters. The summed E-state index contributed by atoms with van der Waals surface area (Å²) in [5.74, 6) is -0.141. The molecule has 0 rings (SSSR count). The summed E-state index contributed by atoms with van der Waals surface area (Å²) in [4.78, 5) is 11.7. The Morgan fingerprint density at radius 2 is 0.596 bits per heavy atom. The molecule has 0 aliphatic carbocycles. The lowest BCUT2D eigenvalue weighted by molar-refractivity contribution is -0.145. The SMILES string of the molecule is CCCCCCCCCC(=O)OCCOCCOCCOCCOCCOCCOCCOCCOCCOCCOCCOCCO[Si](C)(C)C.